The summed E-state index contributed by atoms with van der Waals surface area (Å²) in [4.78, 5) is 35.4. The molecule has 14 heteroatoms. The van der Waals surface area contributed by atoms with Crippen molar-refractivity contribution in [2.75, 3.05) is 13.2 Å². The van der Waals surface area contributed by atoms with Gasteiger partial charge in [-0.05, 0) is 32.1 Å². The molecule has 0 radical (unpaired) electrons. The first-order valence-electron chi connectivity index (χ1n) is 20.0. The zero-order valence-electron chi connectivity index (χ0n) is 31.9. The van der Waals surface area contributed by atoms with Crippen molar-refractivity contribution in [1.29, 1.82) is 0 Å². The number of ether oxygens (including phenoxy) is 2. The highest BCUT2D eigenvalue weighted by atomic mass is 31.2. The van der Waals surface area contributed by atoms with E-state index in [1.165, 1.54) is 57.8 Å². The minimum absolute atomic E-state index is 0.0889. The van der Waals surface area contributed by atoms with Crippen molar-refractivity contribution in [3.8, 4) is 0 Å². The van der Waals surface area contributed by atoms with Gasteiger partial charge in [0.05, 0.1) is 6.61 Å². The predicted octanol–water partition coefficient (Wildman–Crippen LogP) is 6.33. The van der Waals surface area contributed by atoms with E-state index >= 15 is 0 Å². The molecule has 6 N–H and O–H groups in total. The fraction of sp³-hybridized carbons (Fsp3) is 0.895. The molecule has 13 nitrogen and oxygen atoms in total. The third-order valence-corrected chi connectivity index (χ3v) is 10.3. The number of rotatable bonds is 32. The van der Waals surface area contributed by atoms with Crippen LogP contribution in [-0.2, 0) is 32.7 Å². The largest absolute Gasteiger partial charge is 0.472 e. The summed E-state index contributed by atoms with van der Waals surface area (Å²) >= 11 is 0. The topological polar surface area (TPSA) is 210 Å². The van der Waals surface area contributed by atoms with Gasteiger partial charge in [-0.3, -0.25) is 18.6 Å². The van der Waals surface area contributed by atoms with Gasteiger partial charge in [-0.15, -0.1) is 0 Å². The maximum absolute atomic E-state index is 12.7. The second-order valence-corrected chi connectivity index (χ2v) is 15.5. The zero-order chi connectivity index (χ0) is 38.6. The molecule has 0 amide bonds. The Morgan fingerprint density at radius 3 is 1.54 bits per heavy atom. The van der Waals surface area contributed by atoms with Crippen LogP contribution in [0, 0.1) is 0 Å². The van der Waals surface area contributed by atoms with Crippen LogP contribution in [0.3, 0.4) is 0 Å². The second kappa shape index (κ2) is 29.9. The van der Waals surface area contributed by atoms with Gasteiger partial charge < -0.3 is 39.9 Å². The maximum Gasteiger partial charge on any atom is 0.472 e. The van der Waals surface area contributed by atoms with Crippen LogP contribution >= 0.6 is 7.82 Å². The van der Waals surface area contributed by atoms with Crippen molar-refractivity contribution in [1.82, 2.24) is 0 Å². The Hall–Kier alpha value is -1.41. The van der Waals surface area contributed by atoms with Gasteiger partial charge in [0.15, 0.2) is 6.10 Å². The highest BCUT2D eigenvalue weighted by Crippen LogP contribution is 2.47. The molecule has 1 aliphatic rings. The lowest BCUT2D eigenvalue weighted by atomic mass is 9.85. The molecule has 1 rings (SSSR count). The lowest BCUT2D eigenvalue weighted by Crippen LogP contribution is -2.64. The Morgan fingerprint density at radius 2 is 1.02 bits per heavy atom. The third-order valence-electron chi connectivity index (χ3n) is 9.34. The summed E-state index contributed by atoms with van der Waals surface area (Å²) in [6, 6.07) is 0. The van der Waals surface area contributed by atoms with Gasteiger partial charge >= 0.3 is 19.8 Å². The molecule has 0 aromatic carbocycles. The molecule has 1 fully saturated rings. The molecule has 52 heavy (non-hydrogen) atoms. The predicted molar refractivity (Wildman–Crippen MR) is 198 cm³/mol. The lowest BCUT2D eigenvalue weighted by molar-refractivity contribution is -0.220. The molecular weight excluding hydrogens is 695 g/mol. The SMILES string of the molecule is CCC/C=C\CCCCCCCC(=O)OC(COC(=O)CCCCCCCCCCCCCCC)COP(=O)(O)OC1C(O)C(O)C(O)C(O)C1O. The molecule has 0 spiro atoms. The quantitative estimate of drug-likeness (QED) is 0.0192. The summed E-state index contributed by atoms with van der Waals surface area (Å²) in [7, 11) is -5.10. The number of phosphoric ester groups is 1. The van der Waals surface area contributed by atoms with Crippen molar-refractivity contribution in [2.45, 2.75) is 204 Å². The summed E-state index contributed by atoms with van der Waals surface area (Å²) in [6.45, 7) is 3.19. The highest BCUT2D eigenvalue weighted by molar-refractivity contribution is 7.47. The number of carbonyl (C=O) groups excluding carboxylic acids is 2. The van der Waals surface area contributed by atoms with Crippen LogP contribution < -0.4 is 0 Å². The fourth-order valence-electron chi connectivity index (χ4n) is 6.05. The number of esters is 2. The third kappa shape index (κ3) is 22.7. The minimum Gasteiger partial charge on any atom is -0.462 e. The van der Waals surface area contributed by atoms with E-state index in [1.54, 1.807) is 0 Å². The van der Waals surface area contributed by atoms with Gasteiger partial charge in [-0.25, -0.2) is 4.57 Å². The van der Waals surface area contributed by atoms with E-state index in [9.17, 15) is 44.6 Å². The lowest BCUT2D eigenvalue weighted by Gasteiger charge is -2.41. The van der Waals surface area contributed by atoms with E-state index < -0.39 is 75.7 Å². The summed E-state index contributed by atoms with van der Waals surface area (Å²) in [5.74, 6) is -1.11. The van der Waals surface area contributed by atoms with E-state index in [-0.39, 0.29) is 12.8 Å². The molecule has 0 heterocycles. The van der Waals surface area contributed by atoms with Crippen molar-refractivity contribution < 1.29 is 63.1 Å². The number of carbonyl (C=O) groups is 2. The summed E-state index contributed by atoms with van der Waals surface area (Å²) in [6.07, 6.45) is 14.4. The maximum atomic E-state index is 12.7. The van der Waals surface area contributed by atoms with E-state index in [2.05, 4.69) is 26.0 Å². The number of hydrogen-bond donors (Lipinski definition) is 6. The molecule has 6 unspecified atom stereocenters. The number of phosphoric acid groups is 1. The standard InChI is InChI=1S/C38H71O13P/c1-3-5-7-9-11-13-15-16-17-19-20-22-24-26-31(39)48-28-30(50-32(40)27-25-23-21-18-14-12-10-8-6-4-2)29-49-52(46,47)51-38-36(44)34(42)33(41)35(43)37(38)45/h8,10,30,33-38,41-45H,3-7,9,11-29H2,1-2H3,(H,46,47)/b10-8-. The Labute approximate surface area is 312 Å². The molecule has 0 aromatic rings. The van der Waals surface area contributed by atoms with Crippen LogP contribution in [-0.4, -0.2) is 98.3 Å². The van der Waals surface area contributed by atoms with Gasteiger partial charge in [0.1, 0.15) is 43.2 Å². The number of hydrogen-bond acceptors (Lipinski definition) is 12. The van der Waals surface area contributed by atoms with Crippen LogP contribution in [0.1, 0.15) is 162 Å². The smallest absolute Gasteiger partial charge is 0.462 e. The summed E-state index contributed by atoms with van der Waals surface area (Å²) in [5, 5.41) is 49.9. The molecule has 1 saturated carbocycles. The molecule has 0 aromatic heterocycles. The monoisotopic (exact) mass is 766 g/mol. The van der Waals surface area contributed by atoms with Gasteiger partial charge in [0, 0.05) is 12.8 Å². The molecule has 0 saturated heterocycles. The average Bonchev–Trinajstić information content (AvgIpc) is 3.12. The van der Waals surface area contributed by atoms with Gasteiger partial charge in [0.25, 0.3) is 0 Å². The number of allylic oxidation sites excluding steroid dienone is 2. The van der Waals surface area contributed by atoms with E-state index in [1.807, 2.05) is 0 Å². The number of aliphatic hydroxyl groups excluding tert-OH is 5. The second-order valence-electron chi connectivity index (χ2n) is 14.1. The minimum atomic E-state index is -5.10. The van der Waals surface area contributed by atoms with Gasteiger partial charge in [-0.2, -0.15) is 0 Å². The van der Waals surface area contributed by atoms with Gasteiger partial charge in [0.2, 0.25) is 0 Å². The first kappa shape index (κ1) is 48.6. The average molecular weight is 767 g/mol. The molecule has 0 aliphatic heterocycles. The van der Waals surface area contributed by atoms with Crippen LogP contribution in [0.5, 0.6) is 0 Å². The van der Waals surface area contributed by atoms with Crippen molar-refractivity contribution in [3.63, 3.8) is 0 Å². The molecular formula is C38H71O13P. The summed E-state index contributed by atoms with van der Waals surface area (Å²) in [5.41, 5.74) is 0. The highest BCUT2D eigenvalue weighted by Gasteiger charge is 2.51. The number of unbranched alkanes of at least 4 members (excludes halogenated alkanes) is 18. The fourth-order valence-corrected chi connectivity index (χ4v) is 7.03. The Morgan fingerprint density at radius 1 is 0.577 bits per heavy atom. The van der Waals surface area contributed by atoms with Crippen LogP contribution in [0.4, 0.5) is 0 Å². The Bertz CT molecular complexity index is 980. The van der Waals surface area contributed by atoms with Crippen molar-refractivity contribution in [2.24, 2.45) is 0 Å². The first-order valence-corrected chi connectivity index (χ1v) is 21.5. The van der Waals surface area contributed by atoms with E-state index in [0.717, 1.165) is 64.2 Å². The van der Waals surface area contributed by atoms with Crippen LogP contribution in [0.2, 0.25) is 0 Å². The van der Waals surface area contributed by atoms with E-state index in [4.69, 9.17) is 18.5 Å². The molecule has 1 aliphatic carbocycles. The molecule has 0 bridgehead atoms. The zero-order valence-corrected chi connectivity index (χ0v) is 32.8. The van der Waals surface area contributed by atoms with Crippen molar-refractivity contribution >= 4 is 19.8 Å². The Balaban J connectivity index is 2.52. The van der Waals surface area contributed by atoms with Gasteiger partial charge in [-0.1, -0.05) is 129 Å². The normalized spacial score (nSPS) is 23.8. The summed E-state index contributed by atoms with van der Waals surface area (Å²) < 4.78 is 33.3. The van der Waals surface area contributed by atoms with Crippen LogP contribution in [0.25, 0.3) is 0 Å². The Kier molecular flexibility index (Phi) is 27.9. The van der Waals surface area contributed by atoms with Crippen molar-refractivity contribution in [3.05, 3.63) is 12.2 Å². The first-order chi connectivity index (χ1) is 24.9. The van der Waals surface area contributed by atoms with Crippen LogP contribution in [0.15, 0.2) is 12.2 Å². The molecule has 6 atom stereocenters. The molecule has 306 valence electrons. The number of aliphatic hydroxyl groups is 5. The van der Waals surface area contributed by atoms with E-state index in [0.29, 0.717) is 12.8 Å².